The molecule has 9 N–H and O–H groups in total. The van der Waals surface area contributed by atoms with Crippen LogP contribution in [0.3, 0.4) is 0 Å². The van der Waals surface area contributed by atoms with E-state index < -0.39 is 122 Å². The van der Waals surface area contributed by atoms with Crippen molar-refractivity contribution in [1.82, 2.24) is 5.32 Å². The van der Waals surface area contributed by atoms with Crippen molar-refractivity contribution < 1.29 is 95.6 Å². The summed E-state index contributed by atoms with van der Waals surface area (Å²) in [5.74, 6) is -0.901. The smallest absolute Gasteiger partial charge is 0.397 e. The maximum atomic E-state index is 12.5. The fraction of sp³-hybridized carbons (Fsp3) is 0.933. The maximum absolute atomic E-state index is 12.5. The van der Waals surface area contributed by atoms with Crippen molar-refractivity contribution in [2.45, 2.75) is 151 Å². The molecule has 0 bridgehead atoms. The lowest BCUT2D eigenvalue weighted by Gasteiger charge is -2.50. The van der Waals surface area contributed by atoms with Crippen molar-refractivity contribution in [2.24, 2.45) is 0 Å². The van der Waals surface area contributed by atoms with Gasteiger partial charge in [-0.1, -0.05) is 25.7 Å². The number of hydrogen-bond acceptors (Lipinski definition) is 19. The molecule has 0 aromatic carbocycles. The number of nitrogens with one attached hydrogen (secondary N) is 1. The van der Waals surface area contributed by atoms with Crippen LogP contribution in [0.5, 0.6) is 0 Å². The third-order valence-electron chi connectivity index (χ3n) is 8.93. The van der Waals surface area contributed by atoms with Crippen molar-refractivity contribution in [2.75, 3.05) is 26.9 Å². The number of carbonyl (C=O) groups is 2. The first kappa shape index (κ1) is 44.7. The molecule has 3 saturated heterocycles. The zero-order chi connectivity index (χ0) is 38.7. The summed E-state index contributed by atoms with van der Waals surface area (Å²) in [6.07, 6.45) is -19.0. The molecule has 3 heterocycles. The minimum atomic E-state index is -5.27. The summed E-state index contributed by atoms with van der Waals surface area (Å²) < 4.78 is 76.5. The van der Waals surface area contributed by atoms with Gasteiger partial charge in [-0.05, 0) is 19.8 Å². The predicted octanol–water partition coefficient (Wildman–Crippen LogP) is -3.65. The van der Waals surface area contributed by atoms with Gasteiger partial charge in [-0.25, -0.2) is 4.18 Å². The van der Waals surface area contributed by atoms with Crippen LogP contribution in [-0.4, -0.2) is 180 Å². The fourth-order valence-corrected chi connectivity index (χ4v) is 6.65. The van der Waals surface area contributed by atoms with Gasteiger partial charge in [0.25, 0.3) is 0 Å². The monoisotopic (exact) mass is 779 g/mol. The van der Waals surface area contributed by atoms with E-state index in [1.54, 1.807) is 0 Å². The van der Waals surface area contributed by atoms with E-state index in [9.17, 15) is 58.3 Å². The topological polar surface area (TPSA) is 316 Å². The number of amides is 1. The van der Waals surface area contributed by atoms with Crippen molar-refractivity contribution >= 4 is 22.3 Å². The Morgan fingerprint density at radius 2 is 1.29 bits per heavy atom. The Bertz CT molecular complexity index is 1210. The highest BCUT2D eigenvalue weighted by Gasteiger charge is 2.55. The number of unbranched alkanes of at least 4 members (excludes halogenated alkanes) is 5. The van der Waals surface area contributed by atoms with Gasteiger partial charge in [-0.2, -0.15) is 8.42 Å². The van der Waals surface area contributed by atoms with Crippen LogP contribution in [0.1, 0.15) is 58.8 Å². The summed E-state index contributed by atoms with van der Waals surface area (Å²) in [6.45, 7) is 0.882. The zero-order valence-electron chi connectivity index (χ0n) is 29.1. The third-order valence-corrected chi connectivity index (χ3v) is 9.39. The molecular weight excluding hydrogens is 726 g/mol. The molecule has 0 aliphatic carbocycles. The Balaban J connectivity index is 1.86. The van der Waals surface area contributed by atoms with Crippen LogP contribution in [0.4, 0.5) is 0 Å². The second-order valence-electron chi connectivity index (χ2n) is 12.8. The Hall–Kier alpha value is -1.71. The highest BCUT2D eigenvalue weighted by atomic mass is 32.3. The molecule has 3 aliphatic heterocycles. The summed E-state index contributed by atoms with van der Waals surface area (Å²) in [4.78, 5) is 23.8. The molecule has 22 heteroatoms. The van der Waals surface area contributed by atoms with E-state index in [1.165, 1.54) is 14.0 Å². The second-order valence-corrected chi connectivity index (χ2v) is 13.9. The molecule has 52 heavy (non-hydrogen) atoms. The Morgan fingerprint density at radius 3 is 1.88 bits per heavy atom. The highest BCUT2D eigenvalue weighted by molar-refractivity contribution is 7.80. The summed E-state index contributed by atoms with van der Waals surface area (Å²) >= 11 is 0. The molecule has 3 fully saturated rings. The summed E-state index contributed by atoms with van der Waals surface area (Å²) in [7, 11) is -3.94. The quantitative estimate of drug-likeness (QED) is 0.0347. The molecule has 0 aromatic rings. The lowest BCUT2D eigenvalue weighted by atomic mass is 9.94. The SMILES string of the molecule is COC(=O)CCCCCCCCO[C@@H]1O[C@H](CO)[C@@H](O[C@@H]2O[C@H](CO)[C@H](O)[C@H](OS(=O)(=O)O)[C@H]2O)[C@H](O[C@@H]2O[C@@H](C)[C@@H](O)[C@@H](O)[C@@H]2O)[C@H]1NC(C)=O. The largest absolute Gasteiger partial charge is 0.469 e. The summed E-state index contributed by atoms with van der Waals surface area (Å²) in [5, 5.41) is 75.7. The molecule has 15 atom stereocenters. The molecule has 0 spiro atoms. The van der Waals surface area contributed by atoms with Crippen molar-refractivity contribution in [1.29, 1.82) is 0 Å². The number of aliphatic hydroxyl groups excluding tert-OH is 7. The second kappa shape index (κ2) is 20.8. The molecule has 0 aromatic heterocycles. The van der Waals surface area contributed by atoms with Crippen molar-refractivity contribution in [3.05, 3.63) is 0 Å². The van der Waals surface area contributed by atoms with Crippen molar-refractivity contribution in [3.8, 4) is 0 Å². The van der Waals surface area contributed by atoms with Gasteiger partial charge in [-0.15, -0.1) is 0 Å². The predicted molar refractivity (Wildman–Crippen MR) is 170 cm³/mol. The summed E-state index contributed by atoms with van der Waals surface area (Å²) in [6, 6.07) is -1.33. The molecule has 1 amide bonds. The van der Waals surface area contributed by atoms with Crippen LogP contribution in [-0.2, 0) is 57.3 Å². The molecule has 0 radical (unpaired) electrons. The maximum Gasteiger partial charge on any atom is 0.397 e. The molecular formula is C30H53NO20S. The van der Waals surface area contributed by atoms with E-state index in [4.69, 9.17) is 28.4 Å². The lowest BCUT2D eigenvalue weighted by molar-refractivity contribution is -0.372. The Kier molecular flexibility index (Phi) is 17.9. The van der Waals surface area contributed by atoms with Gasteiger partial charge in [0.15, 0.2) is 18.9 Å². The van der Waals surface area contributed by atoms with Gasteiger partial charge < -0.3 is 74.2 Å². The average molecular weight is 780 g/mol. The number of carbonyl (C=O) groups excluding carboxylic acids is 2. The molecule has 304 valence electrons. The fourth-order valence-electron chi connectivity index (χ4n) is 6.14. The number of ether oxygens (including phenoxy) is 7. The third kappa shape index (κ3) is 12.4. The van der Waals surface area contributed by atoms with E-state index in [-0.39, 0.29) is 12.6 Å². The van der Waals surface area contributed by atoms with E-state index in [0.29, 0.717) is 19.3 Å². The Morgan fingerprint density at radius 1 is 0.712 bits per heavy atom. The van der Waals surface area contributed by atoms with E-state index in [1.807, 2.05) is 0 Å². The van der Waals surface area contributed by atoms with Gasteiger partial charge in [0.1, 0.15) is 67.1 Å². The van der Waals surface area contributed by atoms with Crippen LogP contribution in [0, 0.1) is 0 Å². The van der Waals surface area contributed by atoms with E-state index in [2.05, 4.69) is 14.2 Å². The van der Waals surface area contributed by atoms with Crippen LogP contribution in [0.2, 0.25) is 0 Å². The molecule has 3 aliphatic rings. The molecule has 21 nitrogen and oxygen atoms in total. The molecule has 0 unspecified atom stereocenters. The number of methoxy groups -OCH3 is 1. The van der Waals surface area contributed by atoms with Gasteiger partial charge in [0, 0.05) is 20.0 Å². The summed E-state index contributed by atoms with van der Waals surface area (Å²) in [5.41, 5.74) is 0. The van der Waals surface area contributed by atoms with Gasteiger partial charge >= 0.3 is 16.4 Å². The molecule has 0 saturated carbocycles. The number of aliphatic hydroxyl groups is 7. The highest BCUT2D eigenvalue weighted by Crippen LogP contribution is 2.34. The number of esters is 1. The van der Waals surface area contributed by atoms with Crippen LogP contribution >= 0.6 is 0 Å². The average Bonchev–Trinajstić information content (AvgIpc) is 3.09. The molecule has 3 rings (SSSR count). The number of rotatable bonds is 19. The standard InChI is InChI=1S/C30H53NO20S/c1-14-20(36)22(38)23(39)29(46-14)50-26-19(31-15(2)34)28(45-11-9-7-5-4-6-8-10-18(35)44-3)48-17(13-33)25(26)49-30-24(40)27(51-52(41,42)43)21(37)16(12-32)47-30/h14,16-17,19-30,32-33,36-40H,4-13H2,1-3H3,(H,31,34)(H,41,42,43)/t14-,16+,17+,19+,20+,21-,22+,23-,24+,25+,26+,27-,28+,29-,30-/m0/s1. The van der Waals surface area contributed by atoms with Gasteiger partial charge in [0.2, 0.25) is 5.91 Å². The van der Waals surface area contributed by atoms with Crippen molar-refractivity contribution in [3.63, 3.8) is 0 Å². The zero-order valence-corrected chi connectivity index (χ0v) is 29.9. The van der Waals surface area contributed by atoms with Crippen LogP contribution in [0.25, 0.3) is 0 Å². The first-order valence-electron chi connectivity index (χ1n) is 17.0. The van der Waals surface area contributed by atoms with Gasteiger partial charge in [-0.3, -0.25) is 14.1 Å². The first-order valence-corrected chi connectivity index (χ1v) is 18.4. The van der Waals surface area contributed by atoms with E-state index >= 15 is 0 Å². The van der Waals surface area contributed by atoms with Crippen LogP contribution < -0.4 is 5.32 Å². The van der Waals surface area contributed by atoms with Crippen LogP contribution in [0.15, 0.2) is 0 Å². The first-order chi connectivity index (χ1) is 24.5. The van der Waals surface area contributed by atoms with E-state index in [0.717, 1.165) is 32.6 Å². The lowest BCUT2D eigenvalue weighted by Crippen LogP contribution is -2.70. The minimum Gasteiger partial charge on any atom is -0.469 e. The Labute approximate surface area is 300 Å². The number of hydrogen-bond donors (Lipinski definition) is 9. The van der Waals surface area contributed by atoms with Gasteiger partial charge in [0.05, 0.1) is 26.4 Å². The normalized spacial score (nSPS) is 38.5. The minimum absolute atomic E-state index is 0.0962.